The first-order chi connectivity index (χ1) is 10.2. The predicted octanol–water partition coefficient (Wildman–Crippen LogP) is 4.96. The standard InChI is InChI=1S/C19H25NO/c1-4-16-10-12-17(13-11-16)15(3)20-19-9-7-6-8-18(19)14-21-5-2/h6-13,15,20H,4-5,14H2,1-3H3. The molecule has 2 rings (SSSR count). The molecule has 0 aliphatic heterocycles. The van der Waals surface area contributed by atoms with E-state index in [4.69, 9.17) is 4.74 Å². The van der Waals surface area contributed by atoms with Crippen molar-refractivity contribution in [3.05, 3.63) is 65.2 Å². The van der Waals surface area contributed by atoms with Crippen molar-refractivity contribution in [2.75, 3.05) is 11.9 Å². The molecule has 0 saturated heterocycles. The number of aryl methyl sites for hydroxylation is 1. The Morgan fingerprint density at radius 3 is 2.38 bits per heavy atom. The lowest BCUT2D eigenvalue weighted by molar-refractivity contribution is 0.134. The Morgan fingerprint density at radius 2 is 1.71 bits per heavy atom. The first kappa shape index (κ1) is 15.6. The minimum absolute atomic E-state index is 0.277. The van der Waals surface area contributed by atoms with Crippen LogP contribution >= 0.6 is 0 Å². The molecular weight excluding hydrogens is 258 g/mol. The number of ether oxygens (including phenoxy) is 1. The highest BCUT2D eigenvalue weighted by Gasteiger charge is 2.08. The lowest BCUT2D eigenvalue weighted by atomic mass is 10.0. The lowest BCUT2D eigenvalue weighted by Gasteiger charge is -2.19. The largest absolute Gasteiger partial charge is 0.378 e. The van der Waals surface area contributed by atoms with Crippen LogP contribution in [-0.2, 0) is 17.8 Å². The van der Waals surface area contributed by atoms with Crippen LogP contribution in [0.15, 0.2) is 48.5 Å². The van der Waals surface area contributed by atoms with Crippen LogP contribution in [0, 0.1) is 0 Å². The van der Waals surface area contributed by atoms with Crippen LogP contribution in [0.1, 0.15) is 43.5 Å². The summed E-state index contributed by atoms with van der Waals surface area (Å²) < 4.78 is 5.54. The van der Waals surface area contributed by atoms with E-state index in [9.17, 15) is 0 Å². The molecule has 1 N–H and O–H groups in total. The smallest absolute Gasteiger partial charge is 0.0736 e. The van der Waals surface area contributed by atoms with Gasteiger partial charge in [-0.2, -0.15) is 0 Å². The van der Waals surface area contributed by atoms with Gasteiger partial charge in [-0.3, -0.25) is 0 Å². The molecule has 2 aromatic rings. The summed E-state index contributed by atoms with van der Waals surface area (Å²) in [5.74, 6) is 0. The van der Waals surface area contributed by atoms with Crippen molar-refractivity contribution in [2.45, 2.75) is 39.8 Å². The highest BCUT2D eigenvalue weighted by Crippen LogP contribution is 2.23. The molecule has 0 bridgehead atoms. The van der Waals surface area contributed by atoms with Gasteiger partial charge in [-0.25, -0.2) is 0 Å². The Kier molecular flexibility index (Phi) is 5.82. The number of hydrogen-bond donors (Lipinski definition) is 1. The molecule has 21 heavy (non-hydrogen) atoms. The van der Waals surface area contributed by atoms with Crippen LogP contribution in [0.4, 0.5) is 5.69 Å². The molecule has 1 unspecified atom stereocenters. The topological polar surface area (TPSA) is 21.3 Å². The van der Waals surface area contributed by atoms with Crippen LogP contribution in [0.2, 0.25) is 0 Å². The number of para-hydroxylation sites is 1. The van der Waals surface area contributed by atoms with Crippen molar-refractivity contribution in [2.24, 2.45) is 0 Å². The summed E-state index contributed by atoms with van der Waals surface area (Å²) in [5.41, 5.74) is 5.04. The van der Waals surface area contributed by atoms with Crippen LogP contribution in [0.25, 0.3) is 0 Å². The first-order valence-corrected chi connectivity index (χ1v) is 7.75. The minimum atomic E-state index is 0.277. The minimum Gasteiger partial charge on any atom is -0.378 e. The van der Waals surface area contributed by atoms with Crippen molar-refractivity contribution >= 4 is 5.69 Å². The molecule has 0 radical (unpaired) electrons. The zero-order valence-electron chi connectivity index (χ0n) is 13.2. The van der Waals surface area contributed by atoms with E-state index in [1.54, 1.807) is 0 Å². The van der Waals surface area contributed by atoms with Gasteiger partial charge in [0.2, 0.25) is 0 Å². The molecular formula is C19H25NO. The van der Waals surface area contributed by atoms with E-state index >= 15 is 0 Å². The summed E-state index contributed by atoms with van der Waals surface area (Å²) in [6.45, 7) is 7.79. The molecule has 2 heteroatoms. The van der Waals surface area contributed by atoms with Crippen molar-refractivity contribution < 1.29 is 4.74 Å². The van der Waals surface area contributed by atoms with E-state index in [1.807, 2.05) is 6.92 Å². The summed E-state index contributed by atoms with van der Waals surface area (Å²) in [6.07, 6.45) is 1.08. The second kappa shape index (κ2) is 7.84. The first-order valence-electron chi connectivity index (χ1n) is 7.75. The molecule has 0 aliphatic carbocycles. The van der Waals surface area contributed by atoms with E-state index in [0.29, 0.717) is 6.61 Å². The van der Waals surface area contributed by atoms with Crippen LogP contribution < -0.4 is 5.32 Å². The molecule has 0 spiro atoms. The number of anilines is 1. The van der Waals surface area contributed by atoms with E-state index in [2.05, 4.69) is 67.7 Å². The second-order valence-electron chi connectivity index (χ2n) is 5.26. The average molecular weight is 283 g/mol. The predicted molar refractivity (Wildman–Crippen MR) is 89.6 cm³/mol. The van der Waals surface area contributed by atoms with Crippen LogP contribution in [0.3, 0.4) is 0 Å². The highest BCUT2D eigenvalue weighted by molar-refractivity contribution is 5.52. The van der Waals surface area contributed by atoms with Gasteiger partial charge in [-0.1, -0.05) is 49.4 Å². The van der Waals surface area contributed by atoms with E-state index in [1.165, 1.54) is 16.7 Å². The number of hydrogen-bond acceptors (Lipinski definition) is 2. The van der Waals surface area contributed by atoms with Gasteiger partial charge in [0.15, 0.2) is 0 Å². The lowest BCUT2D eigenvalue weighted by Crippen LogP contribution is -2.09. The van der Waals surface area contributed by atoms with Gasteiger partial charge < -0.3 is 10.1 Å². The van der Waals surface area contributed by atoms with Gasteiger partial charge >= 0.3 is 0 Å². The van der Waals surface area contributed by atoms with Crippen molar-refractivity contribution in [1.82, 2.24) is 0 Å². The monoisotopic (exact) mass is 283 g/mol. The Morgan fingerprint density at radius 1 is 1.00 bits per heavy atom. The van der Waals surface area contributed by atoms with Crippen molar-refractivity contribution in [3.63, 3.8) is 0 Å². The molecule has 0 aliphatic rings. The zero-order valence-corrected chi connectivity index (χ0v) is 13.2. The summed E-state index contributed by atoms with van der Waals surface area (Å²) in [7, 11) is 0. The fraction of sp³-hybridized carbons (Fsp3) is 0.368. The van der Waals surface area contributed by atoms with Gasteiger partial charge in [-0.05, 0) is 37.5 Å². The number of rotatable bonds is 7. The third-order valence-corrected chi connectivity index (χ3v) is 3.74. The van der Waals surface area contributed by atoms with Crippen LogP contribution in [0.5, 0.6) is 0 Å². The molecule has 2 nitrogen and oxygen atoms in total. The Balaban J connectivity index is 2.09. The van der Waals surface area contributed by atoms with Gasteiger partial charge in [0.25, 0.3) is 0 Å². The van der Waals surface area contributed by atoms with Gasteiger partial charge in [-0.15, -0.1) is 0 Å². The van der Waals surface area contributed by atoms with Crippen molar-refractivity contribution in [3.8, 4) is 0 Å². The third kappa shape index (κ3) is 4.33. The molecule has 0 saturated carbocycles. The normalized spacial score (nSPS) is 12.1. The van der Waals surface area contributed by atoms with Crippen molar-refractivity contribution in [1.29, 1.82) is 0 Å². The van der Waals surface area contributed by atoms with E-state index in [-0.39, 0.29) is 6.04 Å². The average Bonchev–Trinajstić information content (AvgIpc) is 2.54. The summed E-state index contributed by atoms with van der Waals surface area (Å²) in [5, 5.41) is 3.59. The molecule has 2 aromatic carbocycles. The summed E-state index contributed by atoms with van der Waals surface area (Å²) >= 11 is 0. The van der Waals surface area contributed by atoms with E-state index in [0.717, 1.165) is 18.7 Å². The SMILES string of the molecule is CCOCc1ccccc1NC(C)c1ccc(CC)cc1. The molecule has 112 valence electrons. The number of nitrogens with one attached hydrogen (secondary N) is 1. The fourth-order valence-corrected chi connectivity index (χ4v) is 2.36. The molecule has 0 heterocycles. The zero-order chi connectivity index (χ0) is 15.1. The second-order valence-corrected chi connectivity index (χ2v) is 5.26. The number of benzene rings is 2. The maximum absolute atomic E-state index is 5.54. The highest BCUT2D eigenvalue weighted by atomic mass is 16.5. The Hall–Kier alpha value is -1.80. The van der Waals surface area contributed by atoms with E-state index < -0.39 is 0 Å². The molecule has 0 aromatic heterocycles. The van der Waals surface area contributed by atoms with Crippen LogP contribution in [-0.4, -0.2) is 6.61 Å². The summed E-state index contributed by atoms with van der Waals surface area (Å²) in [4.78, 5) is 0. The molecule has 0 amide bonds. The molecule has 1 atom stereocenters. The quantitative estimate of drug-likeness (QED) is 0.775. The fourth-order valence-electron chi connectivity index (χ4n) is 2.36. The Labute approximate surface area is 128 Å². The van der Waals surface area contributed by atoms with Gasteiger partial charge in [0.05, 0.1) is 6.61 Å². The molecule has 0 fully saturated rings. The summed E-state index contributed by atoms with van der Waals surface area (Å²) in [6, 6.07) is 17.5. The van der Waals surface area contributed by atoms with Gasteiger partial charge in [0.1, 0.15) is 0 Å². The van der Waals surface area contributed by atoms with Gasteiger partial charge in [0, 0.05) is 23.9 Å². The third-order valence-electron chi connectivity index (χ3n) is 3.74. The Bertz CT molecular complexity index is 548. The maximum atomic E-state index is 5.54. The maximum Gasteiger partial charge on any atom is 0.0736 e.